The molecule has 0 unspecified atom stereocenters. The summed E-state index contributed by atoms with van der Waals surface area (Å²) in [4.78, 5) is 23.6. The van der Waals surface area contributed by atoms with Crippen LogP contribution < -0.4 is 0 Å². The van der Waals surface area contributed by atoms with Crippen LogP contribution in [0.25, 0.3) is 11.3 Å². The number of carbonyl (C=O) groups excluding carboxylic acids is 1. The van der Waals surface area contributed by atoms with E-state index in [9.17, 15) is 14.9 Å². The Hall–Kier alpha value is -3.00. The monoisotopic (exact) mass is 343 g/mol. The van der Waals surface area contributed by atoms with Crippen molar-refractivity contribution in [1.29, 1.82) is 0 Å². The van der Waals surface area contributed by atoms with E-state index in [1.54, 1.807) is 25.4 Å². The van der Waals surface area contributed by atoms with Crippen LogP contribution in [-0.4, -0.2) is 20.7 Å². The smallest absolute Gasteiger partial charge is 0.342 e. The van der Waals surface area contributed by atoms with E-state index in [2.05, 4.69) is 5.10 Å². The third-order valence-corrected chi connectivity index (χ3v) is 4.18. The number of aromatic nitrogens is 2. The minimum atomic E-state index is -0.482. The molecule has 0 saturated heterocycles. The van der Waals surface area contributed by atoms with Gasteiger partial charge < -0.3 is 4.74 Å². The summed E-state index contributed by atoms with van der Waals surface area (Å²) in [5.74, 6) is -0.482. The van der Waals surface area contributed by atoms with Gasteiger partial charge in [0, 0.05) is 35.8 Å². The van der Waals surface area contributed by atoms with Gasteiger partial charge in [-0.1, -0.05) is 6.07 Å². The molecule has 0 saturated carbocycles. The maximum absolute atomic E-state index is 12.3. The molecule has 3 rings (SSSR count). The fourth-order valence-electron chi connectivity index (χ4n) is 2.20. The van der Waals surface area contributed by atoms with Crippen LogP contribution in [0.4, 0.5) is 5.69 Å². The maximum Gasteiger partial charge on any atom is 0.342 e. The summed E-state index contributed by atoms with van der Waals surface area (Å²) in [6, 6.07) is 9.67. The first kappa shape index (κ1) is 15.9. The zero-order valence-corrected chi connectivity index (χ0v) is 13.5. The highest BCUT2D eigenvalue weighted by Crippen LogP contribution is 2.25. The van der Waals surface area contributed by atoms with E-state index in [0.717, 1.165) is 4.88 Å². The Balaban J connectivity index is 1.84. The topological polar surface area (TPSA) is 87.3 Å². The average molecular weight is 343 g/mol. The van der Waals surface area contributed by atoms with Gasteiger partial charge in [0.25, 0.3) is 5.69 Å². The summed E-state index contributed by atoms with van der Waals surface area (Å²) in [7, 11) is 1.70. The number of carbonyl (C=O) groups is 1. The highest BCUT2D eigenvalue weighted by Gasteiger charge is 2.19. The van der Waals surface area contributed by atoms with E-state index in [1.165, 1.54) is 28.2 Å². The van der Waals surface area contributed by atoms with Gasteiger partial charge in [-0.2, -0.15) is 5.10 Å². The molecule has 0 N–H and O–H groups in total. The molecule has 0 radical (unpaired) electrons. The number of rotatable bonds is 5. The van der Waals surface area contributed by atoms with Crippen molar-refractivity contribution in [3.63, 3.8) is 0 Å². The molecule has 2 heterocycles. The summed E-state index contributed by atoms with van der Waals surface area (Å²) < 4.78 is 6.83. The van der Waals surface area contributed by atoms with Crippen LogP contribution in [0.5, 0.6) is 0 Å². The third-order valence-electron chi connectivity index (χ3n) is 3.33. The minimum absolute atomic E-state index is 0.0171. The first-order valence-electron chi connectivity index (χ1n) is 7.02. The number of nitro groups is 1. The van der Waals surface area contributed by atoms with Crippen molar-refractivity contribution < 1.29 is 14.5 Å². The number of thiophene rings is 1. The Bertz CT molecular complexity index is 869. The van der Waals surface area contributed by atoms with Crippen LogP contribution in [0.2, 0.25) is 0 Å². The number of nitrogens with zero attached hydrogens (tertiary/aromatic N) is 3. The van der Waals surface area contributed by atoms with Gasteiger partial charge in [0.15, 0.2) is 0 Å². The molecular formula is C16H13N3O4S. The number of benzene rings is 1. The van der Waals surface area contributed by atoms with Crippen LogP contribution in [0, 0.1) is 10.1 Å². The van der Waals surface area contributed by atoms with Crippen LogP contribution in [-0.2, 0) is 18.4 Å². The van der Waals surface area contributed by atoms with E-state index in [0.29, 0.717) is 16.8 Å². The minimum Gasteiger partial charge on any atom is -0.456 e. The zero-order chi connectivity index (χ0) is 17.1. The Morgan fingerprint density at radius 2 is 2.08 bits per heavy atom. The van der Waals surface area contributed by atoms with E-state index >= 15 is 0 Å². The lowest BCUT2D eigenvalue weighted by atomic mass is 10.1. The van der Waals surface area contributed by atoms with E-state index < -0.39 is 10.9 Å². The molecule has 0 fully saturated rings. The molecule has 0 bridgehead atoms. The SMILES string of the molecule is Cn1cc(C(=O)OCc2cccs2)c(-c2ccc([N+](=O)[O-])cc2)n1. The molecule has 0 atom stereocenters. The largest absolute Gasteiger partial charge is 0.456 e. The number of non-ortho nitro benzene ring substituents is 1. The predicted octanol–water partition coefficient (Wildman–Crippen LogP) is 3.41. The Labute approximate surface area is 141 Å². The van der Waals surface area contributed by atoms with E-state index in [1.807, 2.05) is 17.5 Å². The zero-order valence-electron chi connectivity index (χ0n) is 12.7. The summed E-state index contributed by atoms with van der Waals surface area (Å²) in [5, 5.41) is 16.9. The highest BCUT2D eigenvalue weighted by atomic mass is 32.1. The molecule has 24 heavy (non-hydrogen) atoms. The number of esters is 1. The first-order valence-corrected chi connectivity index (χ1v) is 7.90. The molecule has 2 aromatic heterocycles. The van der Waals surface area contributed by atoms with Gasteiger partial charge in [0.2, 0.25) is 0 Å². The van der Waals surface area contributed by atoms with E-state index in [-0.39, 0.29) is 12.3 Å². The second-order valence-corrected chi connectivity index (χ2v) is 6.06. The van der Waals surface area contributed by atoms with Gasteiger partial charge in [-0.3, -0.25) is 14.8 Å². The molecule has 0 aliphatic heterocycles. The van der Waals surface area contributed by atoms with Crippen molar-refractivity contribution in [2.75, 3.05) is 0 Å². The van der Waals surface area contributed by atoms with Gasteiger partial charge in [0.05, 0.1) is 4.92 Å². The number of nitro benzene ring substituents is 1. The fraction of sp³-hybridized carbons (Fsp3) is 0.125. The van der Waals surface area contributed by atoms with Gasteiger partial charge in [-0.15, -0.1) is 11.3 Å². The maximum atomic E-state index is 12.3. The molecule has 122 valence electrons. The third kappa shape index (κ3) is 3.33. The van der Waals surface area contributed by atoms with Crippen LogP contribution in [0.1, 0.15) is 15.2 Å². The van der Waals surface area contributed by atoms with Crippen molar-refractivity contribution in [2.24, 2.45) is 7.05 Å². The highest BCUT2D eigenvalue weighted by molar-refractivity contribution is 7.09. The molecule has 0 aliphatic carbocycles. The molecule has 3 aromatic rings. The lowest BCUT2D eigenvalue weighted by Gasteiger charge is -2.04. The number of aryl methyl sites for hydroxylation is 1. The number of hydrogen-bond acceptors (Lipinski definition) is 6. The molecule has 0 spiro atoms. The molecule has 8 heteroatoms. The molecule has 0 amide bonds. The van der Waals surface area contributed by atoms with Crippen LogP contribution in [0.15, 0.2) is 48.0 Å². The quantitative estimate of drug-likeness (QED) is 0.402. The van der Waals surface area contributed by atoms with Gasteiger partial charge >= 0.3 is 5.97 Å². The first-order chi connectivity index (χ1) is 11.5. The van der Waals surface area contributed by atoms with E-state index in [4.69, 9.17) is 4.74 Å². The molecule has 7 nitrogen and oxygen atoms in total. The lowest BCUT2D eigenvalue weighted by Crippen LogP contribution is -2.05. The summed E-state index contributed by atoms with van der Waals surface area (Å²) in [5.41, 5.74) is 1.35. The Kier molecular flexibility index (Phi) is 4.39. The molecule has 1 aromatic carbocycles. The Morgan fingerprint density at radius 1 is 1.33 bits per heavy atom. The lowest BCUT2D eigenvalue weighted by molar-refractivity contribution is -0.384. The second kappa shape index (κ2) is 6.63. The molecular weight excluding hydrogens is 330 g/mol. The van der Waals surface area contributed by atoms with Gasteiger partial charge in [0.1, 0.15) is 17.9 Å². The summed E-state index contributed by atoms with van der Waals surface area (Å²) in [6.45, 7) is 0.199. The van der Waals surface area contributed by atoms with Gasteiger partial charge in [-0.25, -0.2) is 4.79 Å². The summed E-state index contributed by atoms with van der Waals surface area (Å²) in [6.07, 6.45) is 1.58. The van der Waals surface area contributed by atoms with Crippen LogP contribution >= 0.6 is 11.3 Å². The van der Waals surface area contributed by atoms with Crippen molar-refractivity contribution in [1.82, 2.24) is 9.78 Å². The van der Waals surface area contributed by atoms with Crippen molar-refractivity contribution in [3.05, 3.63) is 68.5 Å². The molecule has 0 aliphatic rings. The van der Waals surface area contributed by atoms with Crippen LogP contribution in [0.3, 0.4) is 0 Å². The number of hydrogen-bond donors (Lipinski definition) is 0. The summed E-state index contributed by atoms with van der Waals surface area (Å²) >= 11 is 1.51. The fourth-order valence-corrected chi connectivity index (χ4v) is 2.82. The Morgan fingerprint density at radius 3 is 2.71 bits per heavy atom. The standard InChI is InChI=1S/C16H13N3O4S/c1-18-9-14(16(20)23-10-13-3-2-8-24-13)15(17-18)11-4-6-12(7-5-11)19(21)22/h2-9H,10H2,1H3. The van der Waals surface area contributed by atoms with Crippen molar-refractivity contribution in [3.8, 4) is 11.3 Å². The average Bonchev–Trinajstić information content (AvgIpc) is 3.22. The normalized spacial score (nSPS) is 10.5. The van der Waals surface area contributed by atoms with Crippen molar-refractivity contribution >= 4 is 23.0 Å². The van der Waals surface area contributed by atoms with Gasteiger partial charge in [-0.05, 0) is 23.6 Å². The predicted molar refractivity (Wildman–Crippen MR) is 88.7 cm³/mol. The number of ether oxygens (including phenoxy) is 1. The van der Waals surface area contributed by atoms with Crippen molar-refractivity contribution in [2.45, 2.75) is 6.61 Å². The second-order valence-electron chi connectivity index (χ2n) is 5.02.